The van der Waals surface area contributed by atoms with Gasteiger partial charge in [0.2, 0.25) is 5.91 Å². The maximum atomic E-state index is 12.5. The molecule has 2 heterocycles. The highest BCUT2D eigenvalue weighted by molar-refractivity contribution is 5.79. The molecule has 1 saturated carbocycles. The minimum Gasteiger partial charge on any atom is -0.381 e. The smallest absolute Gasteiger partial charge is 0.225 e. The van der Waals surface area contributed by atoms with Crippen molar-refractivity contribution >= 4 is 5.91 Å². The van der Waals surface area contributed by atoms with Crippen molar-refractivity contribution in [2.24, 2.45) is 11.3 Å². The van der Waals surface area contributed by atoms with Crippen LogP contribution >= 0.6 is 0 Å². The molecule has 3 fully saturated rings. The van der Waals surface area contributed by atoms with Gasteiger partial charge in [-0.2, -0.15) is 0 Å². The van der Waals surface area contributed by atoms with Gasteiger partial charge in [-0.05, 0) is 43.9 Å². The predicted molar refractivity (Wildman–Crippen MR) is 70.3 cm³/mol. The first kappa shape index (κ1) is 12.5. The number of carbonyl (C=O) groups excluding carboxylic acids is 1. The summed E-state index contributed by atoms with van der Waals surface area (Å²) in [7, 11) is 0. The van der Waals surface area contributed by atoms with Crippen molar-refractivity contribution in [1.29, 1.82) is 0 Å². The van der Waals surface area contributed by atoms with Crippen molar-refractivity contribution in [3.05, 3.63) is 0 Å². The highest BCUT2D eigenvalue weighted by Gasteiger charge is 2.39. The Hall–Kier alpha value is -0.570. The molecule has 3 heteroatoms. The molecule has 0 bridgehead atoms. The molecule has 0 aromatic carbocycles. The van der Waals surface area contributed by atoms with Crippen LogP contribution in [0.25, 0.3) is 0 Å². The van der Waals surface area contributed by atoms with E-state index in [4.69, 9.17) is 4.74 Å². The number of ether oxygens (including phenoxy) is 1. The number of carbonyl (C=O) groups is 1. The fraction of sp³-hybridized carbons (Fsp3) is 0.933. The Morgan fingerprint density at radius 1 is 1.06 bits per heavy atom. The lowest BCUT2D eigenvalue weighted by atomic mass is 9.73. The average Bonchev–Trinajstić information content (AvgIpc) is 2.93. The molecule has 3 aliphatic rings. The van der Waals surface area contributed by atoms with Gasteiger partial charge in [-0.25, -0.2) is 0 Å². The fourth-order valence-electron chi connectivity index (χ4n) is 4.04. The zero-order valence-corrected chi connectivity index (χ0v) is 11.3. The highest BCUT2D eigenvalue weighted by Crippen LogP contribution is 2.40. The molecule has 0 aromatic heterocycles. The molecule has 2 aliphatic heterocycles. The van der Waals surface area contributed by atoms with Crippen LogP contribution in [0.3, 0.4) is 0 Å². The van der Waals surface area contributed by atoms with Gasteiger partial charge in [0, 0.05) is 32.2 Å². The third-order valence-electron chi connectivity index (χ3n) is 5.23. The second-order valence-corrected chi connectivity index (χ2v) is 6.46. The molecule has 1 amide bonds. The van der Waals surface area contributed by atoms with E-state index in [1.807, 2.05) is 0 Å². The summed E-state index contributed by atoms with van der Waals surface area (Å²) in [6.45, 7) is 3.79. The number of hydrogen-bond acceptors (Lipinski definition) is 2. The van der Waals surface area contributed by atoms with E-state index in [1.54, 1.807) is 0 Å². The Labute approximate surface area is 110 Å². The van der Waals surface area contributed by atoms with E-state index in [9.17, 15) is 4.79 Å². The second kappa shape index (κ2) is 5.20. The minimum absolute atomic E-state index is 0.347. The number of nitrogens with zero attached hydrogens (tertiary/aromatic N) is 1. The lowest BCUT2D eigenvalue weighted by Gasteiger charge is -2.45. The molecule has 102 valence electrons. The van der Waals surface area contributed by atoms with Crippen molar-refractivity contribution in [2.75, 3.05) is 26.3 Å². The Kier molecular flexibility index (Phi) is 3.60. The third kappa shape index (κ3) is 2.42. The van der Waals surface area contributed by atoms with Gasteiger partial charge in [0.1, 0.15) is 0 Å². The summed E-state index contributed by atoms with van der Waals surface area (Å²) < 4.78 is 5.49. The van der Waals surface area contributed by atoms with Gasteiger partial charge in [0.05, 0.1) is 0 Å². The van der Waals surface area contributed by atoms with E-state index >= 15 is 0 Å². The van der Waals surface area contributed by atoms with E-state index < -0.39 is 0 Å². The zero-order chi connectivity index (χ0) is 12.4. The topological polar surface area (TPSA) is 29.5 Å². The summed E-state index contributed by atoms with van der Waals surface area (Å²) >= 11 is 0. The summed E-state index contributed by atoms with van der Waals surface area (Å²) in [6.07, 6.45) is 9.56. The first-order valence-corrected chi connectivity index (χ1v) is 7.66. The molecule has 0 unspecified atom stereocenters. The number of amides is 1. The van der Waals surface area contributed by atoms with Gasteiger partial charge < -0.3 is 9.64 Å². The van der Waals surface area contributed by atoms with Crippen molar-refractivity contribution in [3.63, 3.8) is 0 Å². The molecule has 1 aliphatic carbocycles. The molecule has 1 spiro atoms. The number of rotatable bonds is 1. The van der Waals surface area contributed by atoms with E-state index in [0.717, 1.165) is 52.0 Å². The van der Waals surface area contributed by atoms with Crippen molar-refractivity contribution in [2.45, 2.75) is 51.4 Å². The van der Waals surface area contributed by atoms with Gasteiger partial charge in [0.25, 0.3) is 0 Å². The third-order valence-corrected chi connectivity index (χ3v) is 5.23. The Bertz CT molecular complexity index is 298. The second-order valence-electron chi connectivity index (χ2n) is 6.46. The molecule has 0 N–H and O–H groups in total. The summed E-state index contributed by atoms with van der Waals surface area (Å²) in [5.41, 5.74) is 0.394. The number of likely N-dealkylation sites (tertiary alicyclic amines) is 1. The SMILES string of the molecule is O=C(C1CCCC1)N1CCCC2(CCOCC2)C1. The van der Waals surface area contributed by atoms with Crippen LogP contribution in [0.1, 0.15) is 51.4 Å². The summed E-state index contributed by atoms with van der Waals surface area (Å²) in [4.78, 5) is 14.7. The first-order valence-electron chi connectivity index (χ1n) is 7.66. The summed E-state index contributed by atoms with van der Waals surface area (Å²) in [5.74, 6) is 0.804. The van der Waals surface area contributed by atoms with E-state index in [0.29, 0.717) is 17.2 Å². The summed E-state index contributed by atoms with van der Waals surface area (Å²) in [5, 5.41) is 0. The van der Waals surface area contributed by atoms with E-state index in [-0.39, 0.29) is 0 Å². The maximum absolute atomic E-state index is 12.5. The number of piperidine rings is 1. The zero-order valence-electron chi connectivity index (χ0n) is 11.3. The van der Waals surface area contributed by atoms with Gasteiger partial charge >= 0.3 is 0 Å². The van der Waals surface area contributed by atoms with Crippen molar-refractivity contribution < 1.29 is 9.53 Å². The predicted octanol–water partition coefficient (Wildman–Crippen LogP) is 2.60. The molecule has 18 heavy (non-hydrogen) atoms. The highest BCUT2D eigenvalue weighted by atomic mass is 16.5. The number of hydrogen-bond donors (Lipinski definition) is 0. The Balaban J connectivity index is 1.64. The monoisotopic (exact) mass is 251 g/mol. The standard InChI is InChI=1S/C15H25NO2/c17-14(13-4-1-2-5-13)16-9-3-6-15(12-16)7-10-18-11-8-15/h13H,1-12H2. The molecule has 3 nitrogen and oxygen atoms in total. The van der Waals surface area contributed by atoms with E-state index in [2.05, 4.69) is 4.90 Å². The lowest BCUT2D eigenvalue weighted by molar-refractivity contribution is -0.141. The van der Waals surface area contributed by atoms with Crippen LogP contribution in [-0.4, -0.2) is 37.1 Å². The van der Waals surface area contributed by atoms with Crippen LogP contribution in [0.4, 0.5) is 0 Å². The normalized spacial score (nSPS) is 28.8. The molecule has 0 atom stereocenters. The molecular weight excluding hydrogens is 226 g/mol. The van der Waals surface area contributed by atoms with Gasteiger partial charge in [-0.1, -0.05) is 12.8 Å². The average molecular weight is 251 g/mol. The van der Waals surface area contributed by atoms with Crippen LogP contribution in [0.5, 0.6) is 0 Å². The lowest BCUT2D eigenvalue weighted by Crippen LogP contribution is -2.49. The molecule has 2 saturated heterocycles. The minimum atomic E-state index is 0.347. The van der Waals surface area contributed by atoms with Gasteiger partial charge in [-0.15, -0.1) is 0 Å². The molecular formula is C15H25NO2. The van der Waals surface area contributed by atoms with Gasteiger partial charge in [0.15, 0.2) is 0 Å². The fourth-order valence-corrected chi connectivity index (χ4v) is 4.04. The summed E-state index contributed by atoms with van der Waals surface area (Å²) in [6, 6.07) is 0. The van der Waals surface area contributed by atoms with Crippen LogP contribution in [-0.2, 0) is 9.53 Å². The van der Waals surface area contributed by atoms with Crippen LogP contribution in [0.2, 0.25) is 0 Å². The molecule has 3 rings (SSSR count). The van der Waals surface area contributed by atoms with Crippen molar-refractivity contribution in [3.8, 4) is 0 Å². The molecule has 0 radical (unpaired) electrons. The largest absolute Gasteiger partial charge is 0.381 e. The van der Waals surface area contributed by atoms with Crippen LogP contribution in [0.15, 0.2) is 0 Å². The quantitative estimate of drug-likeness (QED) is 0.717. The van der Waals surface area contributed by atoms with Crippen LogP contribution < -0.4 is 0 Å². The van der Waals surface area contributed by atoms with Crippen molar-refractivity contribution in [1.82, 2.24) is 4.90 Å². The van der Waals surface area contributed by atoms with Crippen LogP contribution in [0, 0.1) is 11.3 Å². The van der Waals surface area contributed by atoms with Gasteiger partial charge in [-0.3, -0.25) is 4.79 Å². The first-order chi connectivity index (χ1) is 8.79. The Morgan fingerprint density at radius 3 is 2.50 bits per heavy atom. The molecule has 0 aromatic rings. The van der Waals surface area contributed by atoms with E-state index in [1.165, 1.54) is 25.7 Å². The maximum Gasteiger partial charge on any atom is 0.225 e. The Morgan fingerprint density at radius 2 is 1.78 bits per heavy atom.